The van der Waals surface area contributed by atoms with Crippen LogP contribution in [0.1, 0.15) is 6.42 Å². The predicted molar refractivity (Wildman–Crippen MR) is 53.8 cm³/mol. The van der Waals surface area contributed by atoms with E-state index in [0.29, 0.717) is 11.4 Å². The van der Waals surface area contributed by atoms with Gasteiger partial charge in [0.25, 0.3) is 0 Å². The summed E-state index contributed by atoms with van der Waals surface area (Å²) in [5, 5.41) is 8.42. The van der Waals surface area contributed by atoms with Gasteiger partial charge in [0.1, 0.15) is 0 Å². The molecule has 0 aliphatic rings. The number of nitrogen functional groups attached to an aromatic ring is 1. The lowest BCUT2D eigenvalue weighted by atomic mass is 10.3. The molecule has 0 saturated heterocycles. The molecule has 0 aliphatic carbocycles. The molecule has 3 nitrogen and oxygen atoms in total. The van der Waals surface area contributed by atoms with Gasteiger partial charge in [0.2, 0.25) is 0 Å². The normalized spacial score (nSPS) is 9.85. The quantitative estimate of drug-likeness (QED) is 0.571. The Kier molecular flexibility index (Phi) is 3.64. The summed E-state index contributed by atoms with van der Waals surface area (Å²) in [4.78, 5) is 11.2. The van der Waals surface area contributed by atoms with Gasteiger partial charge in [0, 0.05) is 16.3 Å². The van der Waals surface area contributed by atoms with Gasteiger partial charge in [-0.3, -0.25) is 4.79 Å². The third kappa shape index (κ3) is 3.38. The van der Waals surface area contributed by atoms with Gasteiger partial charge in [0.05, 0.1) is 6.42 Å². The van der Waals surface area contributed by atoms with E-state index in [1.807, 2.05) is 24.3 Å². The number of anilines is 1. The largest absolute Gasteiger partial charge is 0.481 e. The van der Waals surface area contributed by atoms with Crippen molar-refractivity contribution < 1.29 is 9.90 Å². The summed E-state index contributed by atoms with van der Waals surface area (Å²) in [5.41, 5.74) is 6.38. The Morgan fingerprint density at radius 1 is 1.46 bits per heavy atom. The van der Waals surface area contributed by atoms with Gasteiger partial charge >= 0.3 is 5.97 Å². The smallest absolute Gasteiger partial charge is 0.304 e. The second-order valence-corrected chi connectivity index (χ2v) is 3.67. The van der Waals surface area contributed by atoms with Crippen LogP contribution in [0.4, 0.5) is 5.69 Å². The zero-order chi connectivity index (χ0) is 9.68. The van der Waals surface area contributed by atoms with Crippen LogP contribution in [0.15, 0.2) is 29.2 Å². The van der Waals surface area contributed by atoms with Crippen LogP contribution in [-0.4, -0.2) is 16.8 Å². The van der Waals surface area contributed by atoms with Crippen molar-refractivity contribution in [2.45, 2.75) is 11.3 Å². The lowest BCUT2D eigenvalue weighted by molar-refractivity contribution is -0.136. The van der Waals surface area contributed by atoms with Gasteiger partial charge in [0.15, 0.2) is 0 Å². The highest BCUT2D eigenvalue weighted by molar-refractivity contribution is 7.99. The zero-order valence-corrected chi connectivity index (χ0v) is 7.88. The number of para-hydroxylation sites is 1. The van der Waals surface area contributed by atoms with Gasteiger partial charge in [-0.2, -0.15) is 0 Å². The first-order valence-corrected chi connectivity index (χ1v) is 4.88. The van der Waals surface area contributed by atoms with Crippen LogP contribution >= 0.6 is 11.8 Å². The highest BCUT2D eigenvalue weighted by Crippen LogP contribution is 2.24. The minimum absolute atomic E-state index is 0.166. The summed E-state index contributed by atoms with van der Waals surface area (Å²) >= 11 is 1.47. The average molecular weight is 197 g/mol. The molecular weight excluding hydrogens is 186 g/mol. The maximum atomic E-state index is 10.2. The van der Waals surface area contributed by atoms with E-state index < -0.39 is 5.97 Å². The summed E-state index contributed by atoms with van der Waals surface area (Å²) in [6, 6.07) is 7.45. The Hall–Kier alpha value is -1.16. The maximum absolute atomic E-state index is 10.2. The lowest BCUT2D eigenvalue weighted by Crippen LogP contribution is -1.96. The minimum Gasteiger partial charge on any atom is -0.481 e. The molecule has 0 aromatic heterocycles. The Bertz CT molecular complexity index is 301. The molecule has 0 fully saturated rings. The van der Waals surface area contributed by atoms with Gasteiger partial charge in [-0.1, -0.05) is 12.1 Å². The molecule has 0 aliphatic heterocycles. The third-order valence-electron chi connectivity index (χ3n) is 1.49. The molecule has 0 saturated carbocycles. The van der Waals surface area contributed by atoms with E-state index in [2.05, 4.69) is 0 Å². The van der Waals surface area contributed by atoms with E-state index in [1.54, 1.807) is 0 Å². The van der Waals surface area contributed by atoms with Crippen molar-refractivity contribution in [1.29, 1.82) is 0 Å². The van der Waals surface area contributed by atoms with Crippen LogP contribution in [0.3, 0.4) is 0 Å². The first-order valence-electron chi connectivity index (χ1n) is 3.89. The number of hydrogen-bond donors (Lipinski definition) is 2. The minimum atomic E-state index is -0.776. The number of carbonyl (C=O) groups is 1. The SMILES string of the molecule is Nc1ccccc1SCCC(=O)O. The van der Waals surface area contributed by atoms with Crippen molar-refractivity contribution in [3.8, 4) is 0 Å². The second-order valence-electron chi connectivity index (χ2n) is 2.53. The highest BCUT2D eigenvalue weighted by Gasteiger charge is 2.00. The molecule has 0 atom stereocenters. The molecule has 1 aromatic carbocycles. The number of aliphatic carboxylic acids is 1. The van der Waals surface area contributed by atoms with Gasteiger partial charge < -0.3 is 10.8 Å². The van der Waals surface area contributed by atoms with E-state index in [4.69, 9.17) is 10.8 Å². The van der Waals surface area contributed by atoms with E-state index in [1.165, 1.54) is 11.8 Å². The second kappa shape index (κ2) is 4.77. The number of carboxylic acid groups (broad SMARTS) is 1. The molecule has 0 heterocycles. The summed E-state index contributed by atoms with van der Waals surface area (Å²) in [7, 11) is 0. The van der Waals surface area contributed by atoms with Gasteiger partial charge in [-0.25, -0.2) is 0 Å². The summed E-state index contributed by atoms with van der Waals surface area (Å²) in [5.74, 6) is -0.217. The Balaban J connectivity index is 2.45. The number of thioether (sulfide) groups is 1. The van der Waals surface area contributed by atoms with Crippen LogP contribution in [0.5, 0.6) is 0 Å². The van der Waals surface area contributed by atoms with Crippen LogP contribution in [-0.2, 0) is 4.79 Å². The number of benzene rings is 1. The highest BCUT2D eigenvalue weighted by atomic mass is 32.2. The van der Waals surface area contributed by atoms with Crippen LogP contribution in [0, 0.1) is 0 Å². The molecule has 13 heavy (non-hydrogen) atoms. The van der Waals surface area contributed by atoms with Crippen LogP contribution < -0.4 is 5.73 Å². The Morgan fingerprint density at radius 3 is 2.77 bits per heavy atom. The Labute approximate surface area is 80.9 Å². The van der Waals surface area contributed by atoms with Crippen molar-refractivity contribution in [2.75, 3.05) is 11.5 Å². The standard InChI is InChI=1S/C9H11NO2S/c10-7-3-1-2-4-8(7)13-6-5-9(11)12/h1-4H,5-6,10H2,(H,11,12). The zero-order valence-electron chi connectivity index (χ0n) is 7.06. The first-order chi connectivity index (χ1) is 6.20. The van der Waals surface area contributed by atoms with E-state index in [9.17, 15) is 4.79 Å². The van der Waals surface area contributed by atoms with Crippen LogP contribution in [0.2, 0.25) is 0 Å². The fourth-order valence-electron chi connectivity index (χ4n) is 0.860. The fraction of sp³-hybridized carbons (Fsp3) is 0.222. The van der Waals surface area contributed by atoms with Crippen molar-refractivity contribution in [3.63, 3.8) is 0 Å². The lowest BCUT2D eigenvalue weighted by Gasteiger charge is -2.02. The maximum Gasteiger partial charge on any atom is 0.304 e. The van der Waals surface area contributed by atoms with Crippen molar-refractivity contribution in [1.82, 2.24) is 0 Å². The Morgan fingerprint density at radius 2 is 2.15 bits per heavy atom. The van der Waals surface area contributed by atoms with Crippen molar-refractivity contribution in [2.24, 2.45) is 0 Å². The molecule has 70 valence electrons. The fourth-order valence-corrected chi connectivity index (χ4v) is 1.77. The summed E-state index contributed by atoms with van der Waals surface area (Å²) < 4.78 is 0. The van der Waals surface area contributed by atoms with E-state index >= 15 is 0 Å². The van der Waals surface area contributed by atoms with Crippen LogP contribution in [0.25, 0.3) is 0 Å². The molecule has 0 amide bonds. The molecule has 3 N–H and O–H groups in total. The molecule has 0 radical (unpaired) electrons. The number of hydrogen-bond acceptors (Lipinski definition) is 3. The van der Waals surface area contributed by atoms with E-state index in [0.717, 1.165) is 4.90 Å². The topological polar surface area (TPSA) is 63.3 Å². The number of nitrogens with two attached hydrogens (primary N) is 1. The van der Waals surface area contributed by atoms with E-state index in [-0.39, 0.29) is 6.42 Å². The third-order valence-corrected chi connectivity index (χ3v) is 2.58. The molecule has 0 unspecified atom stereocenters. The van der Waals surface area contributed by atoms with Crippen molar-refractivity contribution in [3.05, 3.63) is 24.3 Å². The monoisotopic (exact) mass is 197 g/mol. The molecule has 1 aromatic rings. The molecule has 1 rings (SSSR count). The van der Waals surface area contributed by atoms with Gasteiger partial charge in [-0.15, -0.1) is 11.8 Å². The predicted octanol–water partition coefficient (Wildman–Crippen LogP) is 1.84. The summed E-state index contributed by atoms with van der Waals surface area (Å²) in [6.07, 6.45) is 0.166. The van der Waals surface area contributed by atoms with Gasteiger partial charge in [-0.05, 0) is 12.1 Å². The average Bonchev–Trinajstić information content (AvgIpc) is 2.08. The number of carboxylic acids is 1. The molecule has 0 bridgehead atoms. The molecule has 4 heteroatoms. The summed E-state index contributed by atoms with van der Waals surface area (Å²) in [6.45, 7) is 0. The molecular formula is C9H11NO2S. The van der Waals surface area contributed by atoms with Crippen molar-refractivity contribution >= 4 is 23.4 Å². The first kappa shape index (κ1) is 9.92. The molecule has 0 spiro atoms. The number of rotatable bonds is 4.